The zero-order valence-corrected chi connectivity index (χ0v) is 24.6. The molecule has 0 N–H and O–H groups in total. The number of aliphatic carboxylic acids is 1. The van der Waals surface area contributed by atoms with Crippen molar-refractivity contribution in [1.29, 1.82) is 0 Å². The van der Waals surface area contributed by atoms with Crippen molar-refractivity contribution in [3.63, 3.8) is 0 Å². The van der Waals surface area contributed by atoms with Gasteiger partial charge in [0.1, 0.15) is 0 Å². The van der Waals surface area contributed by atoms with Crippen molar-refractivity contribution < 1.29 is 9.90 Å². The summed E-state index contributed by atoms with van der Waals surface area (Å²) in [4.78, 5) is 15.2. The van der Waals surface area contributed by atoms with Gasteiger partial charge < -0.3 is 9.90 Å². The number of hydrogen-bond donors (Lipinski definition) is 0. The van der Waals surface area contributed by atoms with Gasteiger partial charge in [-0.2, -0.15) is 0 Å². The second-order valence-corrected chi connectivity index (χ2v) is 14.5. The van der Waals surface area contributed by atoms with E-state index in [4.69, 9.17) is 0 Å². The Hall–Kier alpha value is -3.82. The van der Waals surface area contributed by atoms with Crippen LogP contribution in [0.15, 0.2) is 142 Å². The van der Waals surface area contributed by atoms with Gasteiger partial charge in [-0.25, -0.2) is 0 Å². The molecule has 0 spiro atoms. The maximum absolute atomic E-state index is 11.1. The van der Waals surface area contributed by atoms with Crippen LogP contribution in [0.4, 0.5) is 0 Å². The lowest BCUT2D eigenvalue weighted by molar-refractivity contribution is -0.327. The predicted molar refractivity (Wildman–Crippen MR) is 170 cm³/mol. The molecular formula is C39H36O2S. The molecule has 0 aliphatic heterocycles. The first kappa shape index (κ1) is 27.0. The number of rotatable bonds is 5. The van der Waals surface area contributed by atoms with Crippen molar-refractivity contribution in [2.24, 2.45) is 23.2 Å². The summed E-state index contributed by atoms with van der Waals surface area (Å²) in [6.45, 7) is 0. The van der Waals surface area contributed by atoms with Crippen LogP contribution in [0.3, 0.4) is 0 Å². The van der Waals surface area contributed by atoms with Crippen molar-refractivity contribution in [3.8, 4) is 11.1 Å². The Bertz CT molecular complexity index is 1600. The summed E-state index contributed by atoms with van der Waals surface area (Å²) in [7, 11) is -0.106. The highest BCUT2D eigenvalue weighted by molar-refractivity contribution is 7.97. The van der Waals surface area contributed by atoms with E-state index in [1.807, 2.05) is 0 Å². The Morgan fingerprint density at radius 1 is 0.571 bits per heavy atom. The molecule has 0 aromatic heterocycles. The Morgan fingerprint density at radius 2 is 1.05 bits per heavy atom. The minimum absolute atomic E-state index is 0.106. The van der Waals surface area contributed by atoms with Crippen LogP contribution in [0.1, 0.15) is 38.5 Å². The van der Waals surface area contributed by atoms with Crippen LogP contribution in [0.5, 0.6) is 0 Å². The second kappa shape index (κ2) is 11.5. The minimum Gasteiger partial charge on any atom is -0.550 e. The summed E-state index contributed by atoms with van der Waals surface area (Å²) < 4.78 is 0. The lowest BCUT2D eigenvalue weighted by atomic mass is 9.49. The molecule has 5 aromatic carbocycles. The molecule has 0 amide bonds. The molecule has 4 aliphatic carbocycles. The number of carbonyl (C=O) groups excluding carboxylic acids is 1. The predicted octanol–water partition coefficient (Wildman–Crippen LogP) is 8.55. The zero-order valence-electron chi connectivity index (χ0n) is 23.8. The Morgan fingerprint density at radius 3 is 1.60 bits per heavy atom. The van der Waals surface area contributed by atoms with Gasteiger partial charge in [-0.3, -0.25) is 0 Å². The molecule has 4 fully saturated rings. The molecule has 2 nitrogen and oxygen atoms in total. The van der Waals surface area contributed by atoms with Gasteiger partial charge >= 0.3 is 0 Å². The third-order valence-electron chi connectivity index (χ3n) is 9.62. The topological polar surface area (TPSA) is 40.1 Å². The maximum atomic E-state index is 11.1. The first-order valence-electron chi connectivity index (χ1n) is 15.2. The van der Waals surface area contributed by atoms with Crippen molar-refractivity contribution >= 4 is 27.6 Å². The molecule has 4 bridgehead atoms. The summed E-state index contributed by atoms with van der Waals surface area (Å²) >= 11 is 0. The van der Waals surface area contributed by atoms with Crippen LogP contribution in [0.25, 0.3) is 21.9 Å². The number of hydrogen-bond acceptors (Lipinski definition) is 2. The van der Waals surface area contributed by atoms with E-state index in [0.29, 0.717) is 17.8 Å². The van der Waals surface area contributed by atoms with Crippen LogP contribution in [-0.2, 0) is 15.7 Å². The summed E-state index contributed by atoms with van der Waals surface area (Å²) in [5.41, 5.74) is 2.15. The molecule has 4 saturated carbocycles. The number of benzene rings is 5. The van der Waals surface area contributed by atoms with Gasteiger partial charge in [0.15, 0.2) is 14.7 Å². The van der Waals surface area contributed by atoms with E-state index >= 15 is 0 Å². The summed E-state index contributed by atoms with van der Waals surface area (Å²) in [5, 5.41) is 13.7. The molecule has 9 rings (SSSR count). The van der Waals surface area contributed by atoms with E-state index in [9.17, 15) is 9.90 Å². The molecular weight excluding hydrogens is 532 g/mol. The number of carboxylic acids is 1. The van der Waals surface area contributed by atoms with E-state index in [0.717, 1.165) is 19.3 Å². The average Bonchev–Trinajstić information content (AvgIpc) is 3.02. The Balaban J connectivity index is 0.000000183. The van der Waals surface area contributed by atoms with Crippen LogP contribution >= 0.6 is 0 Å². The third-order valence-corrected chi connectivity index (χ3v) is 11.9. The van der Waals surface area contributed by atoms with Crippen molar-refractivity contribution in [1.82, 2.24) is 0 Å². The highest BCUT2D eigenvalue weighted by Gasteiger charge is 2.51. The molecule has 0 saturated heterocycles. The Kier molecular flexibility index (Phi) is 7.38. The van der Waals surface area contributed by atoms with Crippen LogP contribution < -0.4 is 5.11 Å². The van der Waals surface area contributed by atoms with Crippen LogP contribution in [-0.4, -0.2) is 5.97 Å². The van der Waals surface area contributed by atoms with E-state index < -0.39 is 11.4 Å². The van der Waals surface area contributed by atoms with Gasteiger partial charge in [-0.15, -0.1) is 0 Å². The van der Waals surface area contributed by atoms with Gasteiger partial charge in [0, 0.05) is 11.4 Å². The normalized spacial score (nSPS) is 23.9. The van der Waals surface area contributed by atoms with E-state index in [1.165, 1.54) is 55.8 Å². The molecule has 210 valence electrons. The first-order chi connectivity index (χ1) is 20.6. The maximum Gasteiger partial charge on any atom is 0.166 e. The monoisotopic (exact) mass is 568 g/mol. The minimum atomic E-state index is -0.758. The molecule has 5 aromatic rings. The molecule has 4 aliphatic rings. The highest BCUT2D eigenvalue weighted by atomic mass is 32.2. The summed E-state index contributed by atoms with van der Waals surface area (Å²) in [5.74, 6) is 1.38. The summed E-state index contributed by atoms with van der Waals surface area (Å²) in [6.07, 6.45) is 6.65. The fraction of sp³-hybridized carbons (Fsp3) is 0.256. The zero-order chi connectivity index (χ0) is 28.5. The quantitative estimate of drug-likeness (QED) is 0.199. The largest absolute Gasteiger partial charge is 0.550 e. The fourth-order valence-electron chi connectivity index (χ4n) is 8.13. The number of carboxylic acid groups (broad SMARTS) is 1. The first-order valence-corrected chi connectivity index (χ1v) is 16.4. The van der Waals surface area contributed by atoms with Gasteiger partial charge in [0.2, 0.25) is 0 Å². The van der Waals surface area contributed by atoms with Gasteiger partial charge in [-0.1, -0.05) is 78.9 Å². The molecule has 3 heteroatoms. The summed E-state index contributed by atoms with van der Waals surface area (Å²) in [6, 6.07) is 45.8. The third kappa shape index (κ3) is 5.27. The molecule has 0 atom stereocenters. The smallest absolute Gasteiger partial charge is 0.166 e. The average molecular weight is 569 g/mol. The van der Waals surface area contributed by atoms with Gasteiger partial charge in [-0.05, 0) is 127 Å². The van der Waals surface area contributed by atoms with Crippen molar-refractivity contribution in [3.05, 3.63) is 127 Å². The van der Waals surface area contributed by atoms with Crippen LogP contribution in [0, 0.1) is 23.2 Å². The molecule has 0 heterocycles. The molecule has 0 radical (unpaired) electrons. The molecule has 0 unspecified atom stereocenters. The van der Waals surface area contributed by atoms with E-state index in [-0.39, 0.29) is 10.9 Å². The Labute approximate surface area is 251 Å². The lowest BCUT2D eigenvalue weighted by Crippen LogP contribution is -2.54. The number of fused-ring (bicyclic) bond motifs is 1. The van der Waals surface area contributed by atoms with Crippen molar-refractivity contribution in [2.75, 3.05) is 0 Å². The van der Waals surface area contributed by atoms with Crippen molar-refractivity contribution in [2.45, 2.75) is 53.2 Å². The second-order valence-electron chi connectivity index (χ2n) is 12.5. The standard InChI is InChI=1S/C28H21S.C11H16O2/c1-3-12-24(13-4-1)29(25-14-5-2-6-15-25)26-20-18-23(19-21-26)28-17-9-11-22-10-7-8-16-27(22)28;12-10(13)11-4-7-1-8(5-11)3-9(2-7)6-11/h1-21H;7-9H,1-6H2,(H,12,13)/q+1;/p-1. The highest BCUT2D eigenvalue weighted by Crippen LogP contribution is 2.59. The SMILES string of the molecule is O=C([O-])C12CC3CC(CC(C3)C1)C2.c1ccc([S+](c2ccccc2)c2ccc(-c3cccc4ccccc34)cc2)cc1. The molecule has 42 heavy (non-hydrogen) atoms. The lowest BCUT2D eigenvalue weighted by Gasteiger charge is -2.57. The number of carbonyl (C=O) groups is 1. The van der Waals surface area contributed by atoms with Gasteiger partial charge in [0.25, 0.3) is 0 Å². The van der Waals surface area contributed by atoms with Gasteiger partial charge in [0.05, 0.1) is 10.9 Å². The van der Waals surface area contributed by atoms with Crippen LogP contribution in [0.2, 0.25) is 0 Å². The van der Waals surface area contributed by atoms with E-state index in [1.54, 1.807) is 0 Å². The van der Waals surface area contributed by atoms with E-state index in [2.05, 4.69) is 127 Å². The fourth-order valence-corrected chi connectivity index (χ4v) is 10.2.